The van der Waals surface area contributed by atoms with Crippen molar-refractivity contribution in [3.05, 3.63) is 54.1 Å². The number of fused-ring (bicyclic) bond motifs is 10. The van der Waals surface area contributed by atoms with Crippen molar-refractivity contribution in [3.63, 3.8) is 0 Å². The number of benzene rings is 1. The minimum Gasteiger partial charge on any atom is -0.497 e. The van der Waals surface area contributed by atoms with Crippen molar-refractivity contribution < 1.29 is 38.2 Å². The molecule has 0 spiro atoms. The average molecular weight is 587 g/mol. The maximum Gasteiger partial charge on any atom is 0.329 e. The van der Waals surface area contributed by atoms with Crippen LogP contribution in [-0.4, -0.2) is 71.5 Å². The number of nitrogens with zero attached hydrogens (tertiary/aromatic N) is 2. The van der Waals surface area contributed by atoms with E-state index in [9.17, 15) is 28.8 Å². The number of rotatable bonds is 11. The van der Waals surface area contributed by atoms with Gasteiger partial charge in [0.25, 0.3) is 0 Å². The Hall–Kier alpha value is -4.08. The number of Topliss-reactive ketones (excluding diaryl/α,β-unsaturated/α-hetero) is 1. The van der Waals surface area contributed by atoms with Crippen LogP contribution < -0.4 is 4.74 Å². The molecule has 224 valence electrons. The van der Waals surface area contributed by atoms with E-state index in [0.717, 1.165) is 17.7 Å². The van der Waals surface area contributed by atoms with E-state index in [4.69, 9.17) is 9.47 Å². The van der Waals surface area contributed by atoms with E-state index in [1.807, 2.05) is 12.2 Å². The number of unbranched alkanes of at least 4 members (excludes halogenated alkanes) is 1. The van der Waals surface area contributed by atoms with Crippen LogP contribution in [0.2, 0.25) is 0 Å². The Balaban J connectivity index is 1.02. The number of likely N-dealkylation sites (tertiary alicyclic amines) is 2. The second kappa shape index (κ2) is 10.6. The number of amides is 4. The average Bonchev–Trinajstić information content (AvgIpc) is 3.87. The summed E-state index contributed by atoms with van der Waals surface area (Å²) in [7, 11) is 1.52. The molecule has 43 heavy (non-hydrogen) atoms. The van der Waals surface area contributed by atoms with Crippen LogP contribution >= 0.6 is 0 Å². The number of carbonyl (C=O) groups excluding carboxylic acids is 6. The second-order valence-electron chi connectivity index (χ2n) is 12.6. The number of allylic oxidation sites excluding steroid dienone is 4. The molecule has 2 aliphatic heterocycles. The van der Waals surface area contributed by atoms with Crippen LogP contribution in [0.15, 0.2) is 48.6 Å². The third-order valence-corrected chi connectivity index (χ3v) is 10.5. The van der Waals surface area contributed by atoms with Crippen LogP contribution in [0.4, 0.5) is 0 Å². The number of hydrogen-bond donors (Lipinski definition) is 0. The smallest absolute Gasteiger partial charge is 0.329 e. The van der Waals surface area contributed by atoms with Crippen LogP contribution in [0.1, 0.15) is 42.5 Å². The molecule has 2 saturated carbocycles. The molecule has 7 rings (SSSR count). The van der Waals surface area contributed by atoms with E-state index in [-0.39, 0.29) is 72.1 Å². The third-order valence-electron chi connectivity index (χ3n) is 10.5. The van der Waals surface area contributed by atoms with Crippen LogP contribution in [-0.2, 0) is 28.7 Å². The van der Waals surface area contributed by atoms with Gasteiger partial charge in [0.15, 0.2) is 12.4 Å². The fourth-order valence-electron chi connectivity index (χ4n) is 8.47. The van der Waals surface area contributed by atoms with E-state index in [1.54, 1.807) is 24.3 Å². The molecule has 4 amide bonds. The van der Waals surface area contributed by atoms with Crippen molar-refractivity contribution in [2.24, 2.45) is 47.3 Å². The van der Waals surface area contributed by atoms with Crippen molar-refractivity contribution >= 4 is 35.4 Å². The van der Waals surface area contributed by atoms with Gasteiger partial charge in [0.2, 0.25) is 23.6 Å². The summed E-state index contributed by atoms with van der Waals surface area (Å²) in [5.74, 6) is -2.87. The molecule has 4 fully saturated rings. The van der Waals surface area contributed by atoms with Gasteiger partial charge in [0.1, 0.15) is 11.8 Å². The van der Waals surface area contributed by atoms with Crippen LogP contribution in [0, 0.1) is 47.3 Å². The molecule has 10 nitrogen and oxygen atoms in total. The number of ether oxygens (including phenoxy) is 2. The fraction of sp³-hybridized carbons (Fsp3) is 0.515. The Morgan fingerprint density at radius 2 is 1.28 bits per heavy atom. The number of hydrogen-bond acceptors (Lipinski definition) is 8. The van der Waals surface area contributed by atoms with Crippen molar-refractivity contribution in [3.8, 4) is 5.75 Å². The molecule has 0 radical (unpaired) electrons. The van der Waals surface area contributed by atoms with Gasteiger partial charge in [0.05, 0.1) is 30.8 Å². The number of ketones is 1. The summed E-state index contributed by atoms with van der Waals surface area (Å²) in [4.78, 5) is 81.8. The van der Waals surface area contributed by atoms with E-state index in [0.29, 0.717) is 24.2 Å². The highest BCUT2D eigenvalue weighted by atomic mass is 16.5. The summed E-state index contributed by atoms with van der Waals surface area (Å²) < 4.78 is 10.5. The molecule has 9 atom stereocenters. The maximum atomic E-state index is 13.5. The highest BCUT2D eigenvalue weighted by Crippen LogP contribution is 2.54. The highest BCUT2D eigenvalue weighted by Gasteiger charge is 2.61. The predicted molar refractivity (Wildman–Crippen MR) is 150 cm³/mol. The van der Waals surface area contributed by atoms with Crippen LogP contribution in [0.25, 0.3) is 0 Å². The lowest BCUT2D eigenvalue weighted by atomic mass is 9.85. The Kier molecular flexibility index (Phi) is 6.82. The molecular formula is C33H34N2O8. The van der Waals surface area contributed by atoms with Crippen LogP contribution in [0.3, 0.4) is 0 Å². The van der Waals surface area contributed by atoms with Crippen molar-refractivity contribution in [1.29, 1.82) is 0 Å². The SMILES string of the molecule is COc1ccc(C(=O)COC(=O)[C@H](CCCCN2C(=O)[C@@H]3[C@H](C2=O)[C@H]2C=C[C@H]3C2)N2C(=O)[C@H]3[C@H](C2=O)[C@H]2C=C[C@H]3C2)cc1. The zero-order valence-corrected chi connectivity index (χ0v) is 23.9. The summed E-state index contributed by atoms with van der Waals surface area (Å²) in [5.41, 5.74) is 0.337. The minimum atomic E-state index is -1.18. The van der Waals surface area contributed by atoms with Gasteiger partial charge in [-0.3, -0.25) is 33.8 Å². The van der Waals surface area contributed by atoms with Crippen molar-refractivity contribution in [2.45, 2.75) is 38.1 Å². The normalized spacial score (nSPS) is 33.5. The molecule has 4 bridgehead atoms. The van der Waals surface area contributed by atoms with Crippen molar-refractivity contribution in [2.75, 3.05) is 20.3 Å². The number of esters is 1. The van der Waals surface area contributed by atoms with Gasteiger partial charge in [-0.05, 0) is 80.0 Å². The molecule has 2 saturated heterocycles. The lowest BCUT2D eigenvalue weighted by Crippen LogP contribution is -2.47. The Bertz CT molecular complexity index is 1400. The predicted octanol–water partition coefficient (Wildman–Crippen LogP) is 2.57. The molecule has 2 heterocycles. The van der Waals surface area contributed by atoms with Crippen molar-refractivity contribution in [1.82, 2.24) is 9.80 Å². The van der Waals surface area contributed by atoms with Gasteiger partial charge in [-0.15, -0.1) is 0 Å². The minimum absolute atomic E-state index is 0.0128. The quantitative estimate of drug-likeness (QED) is 0.127. The van der Waals surface area contributed by atoms with E-state index in [1.165, 1.54) is 12.0 Å². The zero-order valence-electron chi connectivity index (χ0n) is 23.9. The lowest BCUT2D eigenvalue weighted by molar-refractivity contribution is -0.159. The standard InChI is InChI=1S/C33H34N2O8/c1-42-22-11-9-17(10-12-22)24(36)16-43-33(41)23(35-31(39)27-20-7-8-21(15-20)28(27)32(35)40)4-2-3-13-34-29(37)25-18-5-6-19(14-18)26(25)30(34)38/h5-12,18-21,23,25-28H,2-4,13-16H2,1H3/t18-,19-,20-,21-,23-,25-,26+,27+,28+/m0/s1. The molecular weight excluding hydrogens is 552 g/mol. The second-order valence-corrected chi connectivity index (χ2v) is 12.6. The third kappa shape index (κ3) is 4.36. The Morgan fingerprint density at radius 1 is 0.767 bits per heavy atom. The molecule has 4 aliphatic carbocycles. The lowest BCUT2D eigenvalue weighted by Gasteiger charge is -2.26. The highest BCUT2D eigenvalue weighted by molar-refractivity contribution is 6.09. The van der Waals surface area contributed by atoms with Gasteiger partial charge in [-0.2, -0.15) is 0 Å². The molecule has 0 unspecified atom stereocenters. The molecule has 1 aromatic rings. The zero-order chi connectivity index (χ0) is 30.0. The topological polar surface area (TPSA) is 127 Å². The number of imide groups is 2. The van der Waals surface area contributed by atoms with Gasteiger partial charge in [-0.1, -0.05) is 24.3 Å². The molecule has 1 aromatic carbocycles. The Morgan fingerprint density at radius 3 is 1.79 bits per heavy atom. The van der Waals surface area contributed by atoms with Crippen LogP contribution in [0.5, 0.6) is 5.75 Å². The molecule has 6 aliphatic rings. The largest absolute Gasteiger partial charge is 0.497 e. The van der Waals surface area contributed by atoms with Gasteiger partial charge in [-0.25, -0.2) is 4.79 Å². The molecule has 10 heteroatoms. The first kappa shape index (κ1) is 27.7. The van der Waals surface area contributed by atoms with E-state index in [2.05, 4.69) is 12.2 Å². The first-order valence-corrected chi connectivity index (χ1v) is 15.2. The summed E-state index contributed by atoms with van der Waals surface area (Å²) in [6.07, 6.45) is 10.6. The number of methoxy groups -OCH3 is 1. The molecule has 0 aromatic heterocycles. The van der Waals surface area contributed by atoms with E-state index < -0.39 is 36.2 Å². The maximum absolute atomic E-state index is 13.5. The van der Waals surface area contributed by atoms with Gasteiger partial charge >= 0.3 is 5.97 Å². The fourth-order valence-corrected chi connectivity index (χ4v) is 8.47. The summed E-state index contributed by atoms with van der Waals surface area (Å²) in [5, 5.41) is 0. The molecule has 0 N–H and O–H groups in total. The van der Waals surface area contributed by atoms with Gasteiger partial charge < -0.3 is 9.47 Å². The summed E-state index contributed by atoms with van der Waals surface area (Å²) in [6, 6.07) is 5.22. The summed E-state index contributed by atoms with van der Waals surface area (Å²) >= 11 is 0. The van der Waals surface area contributed by atoms with E-state index >= 15 is 0 Å². The number of carbonyl (C=O) groups is 6. The van der Waals surface area contributed by atoms with Gasteiger partial charge in [0, 0.05) is 12.1 Å². The summed E-state index contributed by atoms with van der Waals surface area (Å²) in [6.45, 7) is -0.309. The monoisotopic (exact) mass is 586 g/mol. The first-order chi connectivity index (χ1) is 20.8. The first-order valence-electron chi connectivity index (χ1n) is 15.2. The Labute approximate surface area is 249 Å².